The number of carbonyl (C=O) groups is 2. The summed E-state index contributed by atoms with van der Waals surface area (Å²) in [5.74, 6) is -1.34. The van der Waals surface area contributed by atoms with E-state index in [-0.39, 0.29) is 12.2 Å². The zero-order valence-electron chi connectivity index (χ0n) is 13.6. The number of urea groups is 1. The molecule has 1 N–H and O–H groups in total. The monoisotopic (exact) mass is 345 g/mol. The fourth-order valence-corrected chi connectivity index (χ4v) is 2.67. The van der Waals surface area contributed by atoms with Crippen molar-refractivity contribution in [1.82, 2.24) is 4.90 Å². The largest absolute Gasteiger partial charge is 0.325 e. The first kappa shape index (κ1) is 16.9. The van der Waals surface area contributed by atoms with Gasteiger partial charge in [0, 0.05) is 18.8 Å². The highest BCUT2D eigenvalue weighted by Crippen LogP contribution is 2.23. The molecule has 25 heavy (non-hydrogen) atoms. The van der Waals surface area contributed by atoms with Gasteiger partial charge in [-0.25, -0.2) is 13.6 Å². The van der Waals surface area contributed by atoms with Gasteiger partial charge in [-0.3, -0.25) is 9.69 Å². The molecule has 5 nitrogen and oxygen atoms in total. The van der Waals surface area contributed by atoms with Crippen LogP contribution in [0.15, 0.2) is 42.5 Å². The molecule has 0 atom stereocenters. The molecule has 1 fully saturated rings. The summed E-state index contributed by atoms with van der Waals surface area (Å²) in [5, 5.41) is 2.56. The van der Waals surface area contributed by atoms with Crippen molar-refractivity contribution in [1.29, 1.82) is 0 Å². The molecule has 130 valence electrons. The SMILES string of the molecule is Cc1ccc(NC(=O)CN2CCN(c3ccccc3F)C2=O)cc1F. The van der Waals surface area contributed by atoms with Gasteiger partial charge >= 0.3 is 6.03 Å². The Labute approximate surface area is 143 Å². The number of para-hydroxylation sites is 1. The molecular formula is C18H17F2N3O2. The van der Waals surface area contributed by atoms with Crippen molar-refractivity contribution in [3.8, 4) is 0 Å². The molecular weight excluding hydrogens is 328 g/mol. The van der Waals surface area contributed by atoms with Gasteiger partial charge in [-0.05, 0) is 36.8 Å². The lowest BCUT2D eigenvalue weighted by Crippen LogP contribution is -2.37. The molecule has 1 aliphatic heterocycles. The van der Waals surface area contributed by atoms with E-state index in [4.69, 9.17) is 0 Å². The minimum absolute atomic E-state index is 0.181. The Balaban J connectivity index is 1.63. The predicted octanol–water partition coefficient (Wildman–Crippen LogP) is 3.15. The number of amides is 3. The Bertz CT molecular complexity index is 826. The van der Waals surface area contributed by atoms with Crippen LogP contribution in [0.1, 0.15) is 5.56 Å². The van der Waals surface area contributed by atoms with Crippen LogP contribution in [0.25, 0.3) is 0 Å². The lowest BCUT2D eigenvalue weighted by Gasteiger charge is -2.19. The highest BCUT2D eigenvalue weighted by atomic mass is 19.1. The lowest BCUT2D eigenvalue weighted by molar-refractivity contribution is -0.116. The van der Waals surface area contributed by atoms with Gasteiger partial charge < -0.3 is 10.2 Å². The van der Waals surface area contributed by atoms with Crippen LogP contribution in [0, 0.1) is 18.6 Å². The average Bonchev–Trinajstić information content (AvgIpc) is 2.92. The van der Waals surface area contributed by atoms with E-state index in [1.165, 1.54) is 28.0 Å². The number of nitrogens with one attached hydrogen (secondary N) is 1. The molecule has 3 rings (SSSR count). The van der Waals surface area contributed by atoms with Crippen molar-refractivity contribution < 1.29 is 18.4 Å². The number of hydrogen-bond donors (Lipinski definition) is 1. The molecule has 0 unspecified atom stereocenters. The third-order valence-electron chi connectivity index (χ3n) is 4.03. The molecule has 0 bridgehead atoms. The number of anilines is 2. The summed E-state index contributed by atoms with van der Waals surface area (Å²) in [4.78, 5) is 27.1. The first-order chi connectivity index (χ1) is 12.0. The minimum Gasteiger partial charge on any atom is -0.324 e. The normalized spacial score (nSPS) is 14.1. The molecule has 0 aliphatic carbocycles. The third-order valence-corrected chi connectivity index (χ3v) is 4.03. The van der Waals surface area contributed by atoms with Gasteiger partial charge in [-0.1, -0.05) is 18.2 Å². The van der Waals surface area contributed by atoms with Crippen LogP contribution in [0.2, 0.25) is 0 Å². The molecule has 3 amide bonds. The van der Waals surface area contributed by atoms with Crippen molar-refractivity contribution in [2.45, 2.75) is 6.92 Å². The highest BCUT2D eigenvalue weighted by molar-refractivity contribution is 5.99. The molecule has 0 radical (unpaired) electrons. The zero-order chi connectivity index (χ0) is 18.0. The van der Waals surface area contributed by atoms with Crippen LogP contribution in [0.5, 0.6) is 0 Å². The fourth-order valence-electron chi connectivity index (χ4n) is 2.67. The van der Waals surface area contributed by atoms with Crippen LogP contribution in [-0.2, 0) is 4.79 Å². The van der Waals surface area contributed by atoms with E-state index in [0.717, 1.165) is 0 Å². The Morgan fingerprint density at radius 2 is 1.88 bits per heavy atom. The maximum atomic E-state index is 13.8. The quantitative estimate of drug-likeness (QED) is 0.925. The number of benzene rings is 2. The van der Waals surface area contributed by atoms with Gasteiger partial charge in [-0.2, -0.15) is 0 Å². The molecule has 7 heteroatoms. The van der Waals surface area contributed by atoms with E-state index in [2.05, 4.69) is 5.32 Å². The van der Waals surface area contributed by atoms with Crippen LogP contribution in [0.3, 0.4) is 0 Å². The van der Waals surface area contributed by atoms with Gasteiger partial charge in [0.25, 0.3) is 0 Å². The standard InChI is InChI=1S/C18H17F2N3O2/c1-12-6-7-13(10-15(12)20)21-17(24)11-22-8-9-23(18(22)25)16-5-3-2-4-14(16)19/h2-7,10H,8-9,11H2,1H3,(H,21,24). The van der Waals surface area contributed by atoms with Gasteiger partial charge in [0.1, 0.15) is 18.2 Å². The summed E-state index contributed by atoms with van der Waals surface area (Å²) in [6, 6.07) is 9.94. The topological polar surface area (TPSA) is 52.7 Å². The van der Waals surface area contributed by atoms with E-state index in [9.17, 15) is 18.4 Å². The Morgan fingerprint density at radius 1 is 1.12 bits per heavy atom. The summed E-state index contributed by atoms with van der Waals surface area (Å²) >= 11 is 0. The number of nitrogens with zero attached hydrogens (tertiary/aromatic N) is 2. The lowest BCUT2D eigenvalue weighted by atomic mass is 10.2. The van der Waals surface area contributed by atoms with E-state index in [0.29, 0.717) is 24.3 Å². The summed E-state index contributed by atoms with van der Waals surface area (Å²) in [6.07, 6.45) is 0. The van der Waals surface area contributed by atoms with Crippen molar-refractivity contribution in [3.05, 3.63) is 59.7 Å². The van der Waals surface area contributed by atoms with Gasteiger partial charge in [-0.15, -0.1) is 0 Å². The maximum Gasteiger partial charge on any atom is 0.325 e. The average molecular weight is 345 g/mol. The summed E-state index contributed by atoms with van der Waals surface area (Å²) < 4.78 is 27.4. The predicted molar refractivity (Wildman–Crippen MR) is 90.5 cm³/mol. The maximum absolute atomic E-state index is 13.8. The second-order valence-corrected chi connectivity index (χ2v) is 5.82. The van der Waals surface area contributed by atoms with Gasteiger partial charge in [0.05, 0.1) is 5.69 Å². The second-order valence-electron chi connectivity index (χ2n) is 5.82. The number of carbonyl (C=O) groups excluding carboxylic acids is 2. The van der Waals surface area contributed by atoms with Crippen LogP contribution >= 0.6 is 0 Å². The number of rotatable bonds is 4. The van der Waals surface area contributed by atoms with Crippen molar-refractivity contribution in [2.75, 3.05) is 29.9 Å². The first-order valence-electron chi connectivity index (χ1n) is 7.82. The molecule has 1 aliphatic rings. The third kappa shape index (κ3) is 3.60. The molecule has 0 spiro atoms. The van der Waals surface area contributed by atoms with E-state index in [1.807, 2.05) is 0 Å². The van der Waals surface area contributed by atoms with Crippen LogP contribution in [0.4, 0.5) is 25.0 Å². The summed E-state index contributed by atoms with van der Waals surface area (Å²) in [7, 11) is 0. The minimum atomic E-state index is -0.489. The van der Waals surface area contributed by atoms with Crippen molar-refractivity contribution in [2.24, 2.45) is 0 Å². The van der Waals surface area contributed by atoms with Gasteiger partial charge in [0.2, 0.25) is 5.91 Å². The van der Waals surface area contributed by atoms with E-state index < -0.39 is 23.6 Å². The summed E-state index contributed by atoms with van der Waals surface area (Å²) in [6.45, 7) is 2.05. The molecule has 0 aromatic heterocycles. The highest BCUT2D eigenvalue weighted by Gasteiger charge is 2.32. The van der Waals surface area contributed by atoms with E-state index in [1.54, 1.807) is 31.2 Å². The molecule has 0 saturated carbocycles. The number of aryl methyl sites for hydroxylation is 1. The summed E-state index contributed by atoms with van der Waals surface area (Å²) in [5.41, 5.74) is 0.995. The van der Waals surface area contributed by atoms with Crippen LogP contribution < -0.4 is 10.2 Å². The Hall–Kier alpha value is -2.96. The number of halogens is 2. The molecule has 1 heterocycles. The molecule has 2 aromatic rings. The first-order valence-corrected chi connectivity index (χ1v) is 7.82. The molecule has 1 saturated heterocycles. The van der Waals surface area contributed by atoms with Crippen LogP contribution in [-0.4, -0.2) is 36.5 Å². The smallest absolute Gasteiger partial charge is 0.324 e. The number of hydrogen-bond acceptors (Lipinski definition) is 2. The van der Waals surface area contributed by atoms with E-state index >= 15 is 0 Å². The molecule has 2 aromatic carbocycles. The van der Waals surface area contributed by atoms with Crippen molar-refractivity contribution >= 4 is 23.3 Å². The second kappa shape index (κ2) is 6.88. The van der Waals surface area contributed by atoms with Crippen molar-refractivity contribution in [3.63, 3.8) is 0 Å². The fraction of sp³-hybridized carbons (Fsp3) is 0.222. The Kier molecular flexibility index (Phi) is 4.65. The Morgan fingerprint density at radius 3 is 2.60 bits per heavy atom. The zero-order valence-corrected chi connectivity index (χ0v) is 13.6. The van der Waals surface area contributed by atoms with Gasteiger partial charge in [0.15, 0.2) is 0 Å².